The van der Waals surface area contributed by atoms with E-state index in [1.165, 1.54) is 7.11 Å². The fourth-order valence-electron chi connectivity index (χ4n) is 3.07. The molecular weight excluding hydrogens is 348 g/mol. The predicted molar refractivity (Wildman–Crippen MR) is 103 cm³/mol. The van der Waals surface area contributed by atoms with Gasteiger partial charge in [-0.25, -0.2) is 4.79 Å². The number of pyridine rings is 1. The van der Waals surface area contributed by atoms with Crippen LogP contribution in [0, 0.1) is 5.92 Å². The molecule has 0 spiro atoms. The van der Waals surface area contributed by atoms with Gasteiger partial charge in [0.25, 0.3) is 0 Å². The van der Waals surface area contributed by atoms with E-state index < -0.39 is 0 Å². The van der Waals surface area contributed by atoms with Crippen molar-refractivity contribution in [3.05, 3.63) is 53.9 Å². The van der Waals surface area contributed by atoms with E-state index in [9.17, 15) is 9.59 Å². The molecule has 0 N–H and O–H groups in total. The number of hydrogen-bond donors (Lipinski definition) is 0. The largest absolute Gasteiger partial charge is 0.465 e. The van der Waals surface area contributed by atoms with E-state index in [1.807, 2.05) is 29.3 Å². The minimum Gasteiger partial charge on any atom is -0.465 e. The molecule has 1 aromatic carbocycles. The van der Waals surface area contributed by atoms with E-state index in [2.05, 4.69) is 18.8 Å². The zero-order chi connectivity index (χ0) is 18.7. The molecule has 5 nitrogen and oxygen atoms in total. The molecule has 6 heteroatoms. The summed E-state index contributed by atoms with van der Waals surface area (Å²) in [6, 6.07) is 9.27. The van der Waals surface area contributed by atoms with Crippen LogP contribution in [0.1, 0.15) is 35.1 Å². The first kappa shape index (κ1) is 18.5. The van der Waals surface area contributed by atoms with E-state index in [0.29, 0.717) is 17.2 Å². The highest BCUT2D eigenvalue weighted by Gasteiger charge is 2.34. The smallest absolute Gasteiger partial charge is 0.337 e. The monoisotopic (exact) mass is 370 g/mol. The van der Waals surface area contributed by atoms with Crippen molar-refractivity contribution in [3.8, 4) is 11.1 Å². The molecule has 1 saturated heterocycles. The van der Waals surface area contributed by atoms with Gasteiger partial charge < -0.3 is 9.64 Å². The molecule has 136 valence electrons. The Balaban J connectivity index is 1.96. The van der Waals surface area contributed by atoms with Gasteiger partial charge in [-0.3, -0.25) is 9.78 Å². The number of carbonyl (C=O) groups is 2. The number of methoxy groups -OCH3 is 1. The lowest BCUT2D eigenvalue weighted by molar-refractivity contribution is -0.128. The number of rotatable bonds is 5. The van der Waals surface area contributed by atoms with Gasteiger partial charge in [0, 0.05) is 24.5 Å². The highest BCUT2D eigenvalue weighted by molar-refractivity contribution is 8.00. The summed E-state index contributed by atoms with van der Waals surface area (Å²) in [6.45, 7) is 4.96. The summed E-state index contributed by atoms with van der Waals surface area (Å²) >= 11 is 1.64. The Morgan fingerprint density at radius 3 is 2.69 bits per heavy atom. The third-order valence-electron chi connectivity index (χ3n) is 4.26. The van der Waals surface area contributed by atoms with Crippen LogP contribution in [0.25, 0.3) is 11.1 Å². The van der Waals surface area contributed by atoms with Gasteiger partial charge in [-0.1, -0.05) is 26.0 Å². The van der Waals surface area contributed by atoms with Gasteiger partial charge in [0.05, 0.1) is 18.4 Å². The zero-order valence-electron chi connectivity index (χ0n) is 15.1. The summed E-state index contributed by atoms with van der Waals surface area (Å²) < 4.78 is 4.75. The summed E-state index contributed by atoms with van der Waals surface area (Å²) in [5, 5.41) is -0.0334. The quantitative estimate of drug-likeness (QED) is 0.750. The number of benzene rings is 1. The first-order valence-electron chi connectivity index (χ1n) is 8.55. The Morgan fingerprint density at radius 2 is 2.04 bits per heavy atom. The lowest BCUT2D eigenvalue weighted by Gasteiger charge is -2.27. The van der Waals surface area contributed by atoms with Crippen LogP contribution in [0.4, 0.5) is 0 Å². The van der Waals surface area contributed by atoms with Gasteiger partial charge >= 0.3 is 5.97 Å². The van der Waals surface area contributed by atoms with E-state index in [0.717, 1.165) is 23.2 Å². The fourth-order valence-corrected chi connectivity index (χ4v) is 4.29. The first-order chi connectivity index (χ1) is 12.5. The summed E-state index contributed by atoms with van der Waals surface area (Å²) in [5.41, 5.74) is 3.55. The van der Waals surface area contributed by atoms with E-state index in [-0.39, 0.29) is 17.3 Å². The number of amides is 1. The number of hydrogen-bond acceptors (Lipinski definition) is 5. The van der Waals surface area contributed by atoms with Crippen molar-refractivity contribution in [3.63, 3.8) is 0 Å². The highest BCUT2D eigenvalue weighted by Crippen LogP contribution is 2.42. The molecule has 1 amide bonds. The van der Waals surface area contributed by atoms with Crippen LogP contribution < -0.4 is 0 Å². The van der Waals surface area contributed by atoms with E-state index in [4.69, 9.17) is 4.74 Å². The van der Waals surface area contributed by atoms with Crippen LogP contribution in [0.15, 0.2) is 42.7 Å². The first-order valence-corrected chi connectivity index (χ1v) is 9.60. The van der Waals surface area contributed by atoms with Crippen LogP contribution in [0.3, 0.4) is 0 Å². The average molecular weight is 370 g/mol. The SMILES string of the molecule is COC(=O)c1ccc(-c2ccncc2C2SCC(=O)N2CC(C)C)cc1. The Bertz CT molecular complexity index is 805. The number of esters is 1. The van der Waals surface area contributed by atoms with Crippen molar-refractivity contribution in [1.29, 1.82) is 0 Å². The second-order valence-corrected chi connectivity index (χ2v) is 7.70. The lowest BCUT2D eigenvalue weighted by atomic mass is 9.99. The molecule has 0 saturated carbocycles. The number of ether oxygens (including phenoxy) is 1. The molecule has 1 aliphatic rings. The molecule has 0 bridgehead atoms. The summed E-state index contributed by atoms with van der Waals surface area (Å²) in [7, 11) is 1.37. The van der Waals surface area contributed by atoms with Crippen molar-refractivity contribution < 1.29 is 14.3 Å². The third-order valence-corrected chi connectivity index (χ3v) is 5.50. The lowest BCUT2D eigenvalue weighted by Crippen LogP contribution is -2.31. The molecule has 1 unspecified atom stereocenters. The van der Waals surface area contributed by atoms with Gasteiger partial charge in [-0.05, 0) is 35.2 Å². The molecule has 1 atom stereocenters. The van der Waals surface area contributed by atoms with Gasteiger partial charge in [-0.2, -0.15) is 0 Å². The molecule has 1 aliphatic heterocycles. The zero-order valence-corrected chi connectivity index (χ0v) is 16.0. The van der Waals surface area contributed by atoms with E-state index >= 15 is 0 Å². The molecule has 1 fully saturated rings. The maximum atomic E-state index is 12.3. The van der Waals surface area contributed by atoms with Crippen LogP contribution in [-0.2, 0) is 9.53 Å². The van der Waals surface area contributed by atoms with Gasteiger partial charge in [0.15, 0.2) is 0 Å². The van der Waals surface area contributed by atoms with Crippen molar-refractivity contribution in [2.45, 2.75) is 19.2 Å². The summed E-state index contributed by atoms with van der Waals surface area (Å²) in [4.78, 5) is 30.2. The second-order valence-electron chi connectivity index (χ2n) is 6.64. The van der Waals surface area contributed by atoms with Crippen LogP contribution in [0.2, 0.25) is 0 Å². The minimum absolute atomic E-state index is 0.0334. The molecule has 2 aromatic rings. The third kappa shape index (κ3) is 3.75. The van der Waals surface area contributed by atoms with Crippen LogP contribution in [-0.4, -0.2) is 41.2 Å². The van der Waals surface area contributed by atoms with Crippen molar-refractivity contribution in [2.75, 3.05) is 19.4 Å². The van der Waals surface area contributed by atoms with Crippen LogP contribution >= 0.6 is 11.8 Å². The van der Waals surface area contributed by atoms with Crippen LogP contribution in [0.5, 0.6) is 0 Å². The standard InChI is InChI=1S/C20H22N2O3S/c1-13(2)11-22-18(23)12-26-19(22)17-10-21-9-8-16(17)14-4-6-15(7-5-14)20(24)25-3/h4-10,13,19H,11-12H2,1-3H3. The average Bonchev–Trinajstić information content (AvgIpc) is 3.01. The Hall–Kier alpha value is -2.34. The number of thioether (sulfide) groups is 1. The van der Waals surface area contributed by atoms with Gasteiger partial charge in [0.2, 0.25) is 5.91 Å². The van der Waals surface area contributed by atoms with E-state index in [1.54, 1.807) is 30.1 Å². The van der Waals surface area contributed by atoms with Gasteiger partial charge in [0.1, 0.15) is 5.37 Å². The second kappa shape index (κ2) is 7.91. The molecular formula is C20H22N2O3S. The molecule has 1 aromatic heterocycles. The summed E-state index contributed by atoms with van der Waals surface area (Å²) in [6.07, 6.45) is 3.59. The topological polar surface area (TPSA) is 59.5 Å². The van der Waals surface area contributed by atoms with Crippen molar-refractivity contribution >= 4 is 23.6 Å². The Morgan fingerprint density at radius 1 is 1.31 bits per heavy atom. The normalized spacial score (nSPS) is 17.0. The Kier molecular flexibility index (Phi) is 5.61. The highest BCUT2D eigenvalue weighted by atomic mass is 32.2. The molecule has 0 radical (unpaired) electrons. The maximum Gasteiger partial charge on any atom is 0.337 e. The molecule has 0 aliphatic carbocycles. The number of nitrogens with zero attached hydrogens (tertiary/aromatic N) is 2. The molecule has 26 heavy (non-hydrogen) atoms. The predicted octanol–water partition coefficient (Wildman–Crippen LogP) is 3.77. The molecule has 2 heterocycles. The van der Waals surface area contributed by atoms with Crippen molar-refractivity contribution in [1.82, 2.24) is 9.88 Å². The Labute approximate surface area is 157 Å². The number of carbonyl (C=O) groups excluding carboxylic acids is 2. The maximum absolute atomic E-state index is 12.3. The minimum atomic E-state index is -0.355. The molecule has 3 rings (SSSR count). The van der Waals surface area contributed by atoms with Gasteiger partial charge in [-0.15, -0.1) is 11.8 Å². The number of aromatic nitrogens is 1. The summed E-state index contributed by atoms with van der Waals surface area (Å²) in [5.74, 6) is 0.711. The fraction of sp³-hybridized carbons (Fsp3) is 0.350. The van der Waals surface area contributed by atoms with Crippen molar-refractivity contribution in [2.24, 2.45) is 5.92 Å².